The SMILES string of the molecule is Cc1ccc(CNC(=O)C(=O)NCC(c2ccco2)S(=O)(=O)c2ccc(F)cc2)cc1. The Hall–Kier alpha value is -3.46. The van der Waals surface area contributed by atoms with E-state index < -0.39 is 39.3 Å². The maximum absolute atomic E-state index is 13.2. The number of furan rings is 1. The van der Waals surface area contributed by atoms with Crippen LogP contribution in [0.15, 0.2) is 76.2 Å². The summed E-state index contributed by atoms with van der Waals surface area (Å²) in [7, 11) is -4.03. The van der Waals surface area contributed by atoms with E-state index in [1.807, 2.05) is 31.2 Å². The molecule has 1 heterocycles. The Morgan fingerprint density at radius 3 is 2.23 bits per heavy atom. The van der Waals surface area contributed by atoms with Gasteiger partial charge in [-0.25, -0.2) is 12.8 Å². The summed E-state index contributed by atoms with van der Waals surface area (Å²) in [5, 5.41) is 3.54. The van der Waals surface area contributed by atoms with Crippen LogP contribution in [-0.4, -0.2) is 26.8 Å². The summed E-state index contributed by atoms with van der Waals surface area (Å²) in [6.07, 6.45) is 1.30. The van der Waals surface area contributed by atoms with Gasteiger partial charge in [0, 0.05) is 13.1 Å². The predicted molar refractivity (Wildman–Crippen MR) is 111 cm³/mol. The van der Waals surface area contributed by atoms with Crippen LogP contribution in [0.25, 0.3) is 0 Å². The molecule has 0 radical (unpaired) electrons. The third-order valence-electron chi connectivity index (χ3n) is 4.61. The molecular formula is C22H21FN2O5S. The van der Waals surface area contributed by atoms with Crippen molar-refractivity contribution in [1.82, 2.24) is 10.6 Å². The number of sulfone groups is 1. The molecule has 1 atom stereocenters. The van der Waals surface area contributed by atoms with Gasteiger partial charge in [0.05, 0.1) is 11.2 Å². The predicted octanol–water partition coefficient (Wildman–Crippen LogP) is 2.67. The number of benzene rings is 2. The second-order valence-corrected chi connectivity index (χ2v) is 9.01. The van der Waals surface area contributed by atoms with E-state index in [9.17, 15) is 22.4 Å². The van der Waals surface area contributed by atoms with Gasteiger partial charge in [-0.3, -0.25) is 9.59 Å². The van der Waals surface area contributed by atoms with Crippen molar-refractivity contribution in [2.45, 2.75) is 23.6 Å². The standard InChI is InChI=1S/C22H21FN2O5S/c1-15-4-6-16(7-5-15)13-24-21(26)22(27)25-14-20(19-3-2-12-30-19)31(28,29)18-10-8-17(23)9-11-18/h2-12,20H,13-14H2,1H3,(H,24,26)(H,25,27). The van der Waals surface area contributed by atoms with Gasteiger partial charge in [0.15, 0.2) is 9.84 Å². The lowest BCUT2D eigenvalue weighted by molar-refractivity contribution is -0.139. The lowest BCUT2D eigenvalue weighted by atomic mass is 10.1. The zero-order chi connectivity index (χ0) is 22.4. The van der Waals surface area contributed by atoms with E-state index >= 15 is 0 Å². The summed E-state index contributed by atoms with van der Waals surface area (Å²) >= 11 is 0. The minimum atomic E-state index is -4.03. The average Bonchev–Trinajstić information content (AvgIpc) is 3.27. The van der Waals surface area contributed by atoms with Crippen LogP contribution in [0.1, 0.15) is 22.1 Å². The molecule has 0 spiro atoms. The molecule has 2 aromatic carbocycles. The van der Waals surface area contributed by atoms with Gasteiger partial charge in [0.2, 0.25) is 0 Å². The van der Waals surface area contributed by atoms with E-state index in [4.69, 9.17) is 4.42 Å². The first kappa shape index (κ1) is 22.2. The van der Waals surface area contributed by atoms with E-state index in [-0.39, 0.29) is 17.2 Å². The topological polar surface area (TPSA) is 105 Å². The Balaban J connectivity index is 1.68. The van der Waals surface area contributed by atoms with E-state index in [1.54, 1.807) is 0 Å². The smallest absolute Gasteiger partial charge is 0.309 e. The van der Waals surface area contributed by atoms with Gasteiger partial charge in [-0.15, -0.1) is 0 Å². The fourth-order valence-corrected chi connectivity index (χ4v) is 4.45. The lowest BCUT2D eigenvalue weighted by Crippen LogP contribution is -2.42. The molecule has 2 amide bonds. The van der Waals surface area contributed by atoms with Crippen molar-refractivity contribution < 1.29 is 26.8 Å². The summed E-state index contributed by atoms with van der Waals surface area (Å²) < 4.78 is 44.5. The van der Waals surface area contributed by atoms with Crippen molar-refractivity contribution in [3.63, 3.8) is 0 Å². The van der Waals surface area contributed by atoms with Gasteiger partial charge in [-0.1, -0.05) is 29.8 Å². The highest BCUT2D eigenvalue weighted by Gasteiger charge is 2.32. The molecule has 2 N–H and O–H groups in total. The van der Waals surface area contributed by atoms with Crippen LogP contribution in [0, 0.1) is 12.7 Å². The Bertz CT molecular complexity index is 1140. The average molecular weight is 444 g/mol. The van der Waals surface area contributed by atoms with Gasteiger partial charge in [-0.05, 0) is 48.9 Å². The molecule has 0 aliphatic heterocycles. The highest BCUT2D eigenvalue weighted by Crippen LogP contribution is 2.29. The molecule has 7 nitrogen and oxygen atoms in total. The number of aryl methyl sites for hydroxylation is 1. The summed E-state index contributed by atoms with van der Waals surface area (Å²) in [5.41, 5.74) is 1.89. The number of rotatable bonds is 7. The molecule has 1 aromatic heterocycles. The van der Waals surface area contributed by atoms with Crippen LogP contribution < -0.4 is 10.6 Å². The minimum absolute atomic E-state index is 0.0877. The van der Waals surface area contributed by atoms with E-state index in [1.165, 1.54) is 18.4 Å². The first-order chi connectivity index (χ1) is 14.8. The Kier molecular flexibility index (Phi) is 6.86. The van der Waals surface area contributed by atoms with Crippen LogP contribution in [0.3, 0.4) is 0 Å². The number of halogens is 1. The zero-order valence-corrected chi connectivity index (χ0v) is 17.5. The van der Waals surface area contributed by atoms with Crippen molar-refractivity contribution in [2.75, 3.05) is 6.54 Å². The van der Waals surface area contributed by atoms with Crippen molar-refractivity contribution in [3.05, 3.63) is 89.6 Å². The highest BCUT2D eigenvalue weighted by atomic mass is 32.2. The highest BCUT2D eigenvalue weighted by molar-refractivity contribution is 7.91. The molecule has 162 valence electrons. The number of amides is 2. The van der Waals surface area contributed by atoms with Crippen molar-refractivity contribution in [1.29, 1.82) is 0 Å². The van der Waals surface area contributed by atoms with E-state index in [2.05, 4.69) is 10.6 Å². The lowest BCUT2D eigenvalue weighted by Gasteiger charge is -2.16. The fourth-order valence-electron chi connectivity index (χ4n) is 2.86. The summed E-state index contributed by atoms with van der Waals surface area (Å²) in [4.78, 5) is 24.2. The van der Waals surface area contributed by atoms with Crippen LogP contribution in [0.5, 0.6) is 0 Å². The fraction of sp³-hybridized carbons (Fsp3) is 0.182. The molecule has 0 saturated heterocycles. The summed E-state index contributed by atoms with van der Waals surface area (Å²) in [5.74, 6) is -2.35. The van der Waals surface area contributed by atoms with E-state index in [0.717, 1.165) is 35.4 Å². The van der Waals surface area contributed by atoms with Crippen molar-refractivity contribution in [3.8, 4) is 0 Å². The Morgan fingerprint density at radius 2 is 1.61 bits per heavy atom. The summed E-state index contributed by atoms with van der Waals surface area (Å²) in [6, 6.07) is 14.7. The third kappa shape index (κ3) is 5.58. The molecule has 1 unspecified atom stereocenters. The monoisotopic (exact) mass is 444 g/mol. The molecule has 0 aliphatic carbocycles. The molecule has 31 heavy (non-hydrogen) atoms. The first-order valence-electron chi connectivity index (χ1n) is 9.42. The van der Waals surface area contributed by atoms with Gasteiger partial charge in [0.1, 0.15) is 16.8 Å². The molecule has 3 aromatic rings. The van der Waals surface area contributed by atoms with Crippen LogP contribution in [-0.2, 0) is 26.0 Å². The molecule has 3 rings (SSSR count). The molecule has 9 heteroatoms. The number of hydrogen-bond acceptors (Lipinski definition) is 5. The normalized spacial score (nSPS) is 12.2. The van der Waals surface area contributed by atoms with Gasteiger partial charge >= 0.3 is 11.8 Å². The number of carbonyl (C=O) groups excluding carboxylic acids is 2. The maximum Gasteiger partial charge on any atom is 0.309 e. The molecule has 0 aliphatic rings. The van der Waals surface area contributed by atoms with E-state index in [0.29, 0.717) is 0 Å². The van der Waals surface area contributed by atoms with Gasteiger partial charge in [0.25, 0.3) is 0 Å². The van der Waals surface area contributed by atoms with Crippen molar-refractivity contribution in [2.24, 2.45) is 0 Å². The number of carbonyl (C=O) groups is 2. The molecular weight excluding hydrogens is 423 g/mol. The molecule has 0 bridgehead atoms. The Morgan fingerprint density at radius 1 is 0.968 bits per heavy atom. The van der Waals surface area contributed by atoms with Crippen LogP contribution in [0.2, 0.25) is 0 Å². The van der Waals surface area contributed by atoms with Gasteiger partial charge in [-0.2, -0.15) is 0 Å². The number of nitrogens with one attached hydrogen (secondary N) is 2. The minimum Gasteiger partial charge on any atom is -0.468 e. The van der Waals surface area contributed by atoms with Crippen LogP contribution in [0.4, 0.5) is 4.39 Å². The van der Waals surface area contributed by atoms with Crippen LogP contribution >= 0.6 is 0 Å². The quantitative estimate of drug-likeness (QED) is 0.431. The maximum atomic E-state index is 13.2. The molecule has 0 saturated carbocycles. The number of hydrogen-bond donors (Lipinski definition) is 2. The van der Waals surface area contributed by atoms with Crippen molar-refractivity contribution >= 4 is 21.7 Å². The Labute approximate surface area is 179 Å². The van der Waals surface area contributed by atoms with Gasteiger partial charge < -0.3 is 15.1 Å². The zero-order valence-electron chi connectivity index (χ0n) is 16.7. The third-order valence-corrected chi connectivity index (χ3v) is 6.68. The second kappa shape index (κ2) is 9.57. The second-order valence-electron chi connectivity index (χ2n) is 6.88. The largest absolute Gasteiger partial charge is 0.468 e. The summed E-state index contributed by atoms with van der Waals surface area (Å²) in [6.45, 7) is 1.69. The first-order valence-corrected chi connectivity index (χ1v) is 11.0. The molecule has 0 fully saturated rings.